The van der Waals surface area contributed by atoms with E-state index in [1.807, 2.05) is 11.3 Å². The van der Waals surface area contributed by atoms with E-state index in [4.69, 9.17) is 0 Å². The zero-order valence-corrected chi connectivity index (χ0v) is 13.2. The van der Waals surface area contributed by atoms with Crippen LogP contribution in [0.1, 0.15) is 20.8 Å². The molecule has 1 aromatic heterocycles. The molecule has 0 fully saturated rings. The van der Waals surface area contributed by atoms with Crippen molar-refractivity contribution in [2.24, 2.45) is 5.92 Å². The highest BCUT2D eigenvalue weighted by Crippen LogP contribution is 2.43. The van der Waals surface area contributed by atoms with Crippen LogP contribution in [0.25, 0.3) is 0 Å². The van der Waals surface area contributed by atoms with Crippen LogP contribution in [-0.4, -0.2) is 0 Å². The van der Waals surface area contributed by atoms with Crippen LogP contribution in [0, 0.1) is 5.92 Å². The Morgan fingerprint density at radius 1 is 1.06 bits per heavy atom. The first-order valence-corrected chi connectivity index (χ1v) is 8.22. The molecule has 1 aromatic carbocycles. The lowest BCUT2D eigenvalue weighted by Gasteiger charge is -2.15. The second-order valence-corrected chi connectivity index (χ2v) is 7.96. The minimum atomic E-state index is 0.478. The monoisotopic (exact) mass is 370 g/mol. The summed E-state index contributed by atoms with van der Waals surface area (Å²) in [6.45, 7) is 0. The van der Waals surface area contributed by atoms with Gasteiger partial charge in [-0.1, -0.05) is 40.2 Å². The van der Waals surface area contributed by atoms with E-state index >= 15 is 0 Å². The van der Waals surface area contributed by atoms with Crippen molar-refractivity contribution in [1.29, 1.82) is 0 Å². The van der Waals surface area contributed by atoms with Gasteiger partial charge in [0, 0.05) is 4.88 Å². The first-order valence-electron chi connectivity index (χ1n) is 5.70. The van der Waals surface area contributed by atoms with E-state index in [2.05, 4.69) is 68.3 Å². The third-order valence-electron chi connectivity index (χ3n) is 3.36. The molecule has 1 unspecified atom stereocenters. The number of hydrogen-bond acceptors (Lipinski definition) is 1. The average molecular weight is 372 g/mol. The summed E-state index contributed by atoms with van der Waals surface area (Å²) < 4.78 is 1.22. The molecule has 17 heavy (non-hydrogen) atoms. The van der Waals surface area contributed by atoms with Crippen molar-refractivity contribution < 1.29 is 0 Å². The van der Waals surface area contributed by atoms with Crippen LogP contribution in [0.4, 0.5) is 0 Å². The molecule has 3 rings (SSSR count). The molecule has 1 aliphatic carbocycles. The third kappa shape index (κ3) is 2.38. The Kier molecular flexibility index (Phi) is 3.42. The maximum Gasteiger partial charge on any atom is 0.0701 e. The molecule has 0 saturated heterocycles. The maximum absolute atomic E-state index is 3.87. The molecule has 1 aliphatic rings. The topological polar surface area (TPSA) is 0 Å². The van der Waals surface area contributed by atoms with E-state index in [1.165, 1.54) is 32.6 Å². The Morgan fingerprint density at radius 2 is 1.71 bits per heavy atom. The quantitative estimate of drug-likeness (QED) is 0.623. The highest BCUT2D eigenvalue weighted by atomic mass is 79.9. The molecule has 0 N–H and O–H groups in total. The summed E-state index contributed by atoms with van der Waals surface area (Å²) in [6, 6.07) is 13.2. The number of halogens is 2. The van der Waals surface area contributed by atoms with Crippen LogP contribution in [0.3, 0.4) is 0 Å². The summed E-state index contributed by atoms with van der Waals surface area (Å²) in [5.41, 5.74) is 3.05. The fraction of sp³-hybridized carbons (Fsp3) is 0.286. The molecule has 0 saturated carbocycles. The molecular weight excluding hydrogens is 360 g/mol. The number of thiophene rings is 1. The van der Waals surface area contributed by atoms with Gasteiger partial charge in [-0.2, -0.15) is 0 Å². The van der Waals surface area contributed by atoms with Crippen molar-refractivity contribution >= 4 is 43.2 Å². The zero-order valence-electron chi connectivity index (χ0n) is 9.20. The smallest absolute Gasteiger partial charge is 0.0701 e. The minimum Gasteiger partial charge on any atom is -0.132 e. The van der Waals surface area contributed by atoms with Crippen LogP contribution >= 0.6 is 43.2 Å². The Hall–Kier alpha value is -0.120. The largest absolute Gasteiger partial charge is 0.132 e. The summed E-state index contributed by atoms with van der Waals surface area (Å²) in [4.78, 5) is 1.90. The number of fused-ring (bicyclic) bond motifs is 1. The van der Waals surface area contributed by atoms with Crippen molar-refractivity contribution in [3.05, 3.63) is 56.2 Å². The summed E-state index contributed by atoms with van der Waals surface area (Å²) >= 11 is 9.24. The summed E-state index contributed by atoms with van der Waals surface area (Å²) in [6.07, 6.45) is 2.39. The van der Waals surface area contributed by atoms with Crippen molar-refractivity contribution in [2.75, 3.05) is 0 Å². The van der Waals surface area contributed by atoms with Gasteiger partial charge >= 0.3 is 0 Å². The van der Waals surface area contributed by atoms with Gasteiger partial charge < -0.3 is 0 Å². The van der Waals surface area contributed by atoms with Crippen LogP contribution in [0.2, 0.25) is 0 Å². The van der Waals surface area contributed by atoms with Crippen LogP contribution in [0.15, 0.2) is 40.2 Å². The first kappa shape index (κ1) is 11.9. The SMILES string of the molecule is Brc1ccc(C(Br)C2Cc3ccccc3C2)s1. The summed E-state index contributed by atoms with van der Waals surface area (Å²) in [5.74, 6) is 0.693. The van der Waals surface area contributed by atoms with Gasteiger partial charge in [-0.05, 0) is 57.9 Å². The number of hydrogen-bond donors (Lipinski definition) is 0. The Morgan fingerprint density at radius 3 is 2.24 bits per heavy atom. The van der Waals surface area contributed by atoms with Crippen molar-refractivity contribution in [3.63, 3.8) is 0 Å². The fourth-order valence-corrected chi connectivity index (χ4v) is 4.81. The lowest BCUT2D eigenvalue weighted by Crippen LogP contribution is -2.06. The van der Waals surface area contributed by atoms with E-state index < -0.39 is 0 Å². The number of benzene rings is 1. The second kappa shape index (κ2) is 4.87. The van der Waals surface area contributed by atoms with Crippen molar-refractivity contribution in [3.8, 4) is 0 Å². The Bertz CT molecular complexity index is 508. The van der Waals surface area contributed by atoms with Gasteiger partial charge in [-0.25, -0.2) is 0 Å². The first-order chi connectivity index (χ1) is 8.24. The molecule has 1 heterocycles. The number of rotatable bonds is 2. The molecule has 0 amide bonds. The molecule has 0 aliphatic heterocycles. The molecule has 1 atom stereocenters. The van der Waals surface area contributed by atoms with E-state index in [0.29, 0.717) is 10.7 Å². The van der Waals surface area contributed by atoms with Gasteiger partial charge in [-0.3, -0.25) is 0 Å². The molecule has 0 spiro atoms. The van der Waals surface area contributed by atoms with Crippen molar-refractivity contribution in [1.82, 2.24) is 0 Å². The van der Waals surface area contributed by atoms with Crippen LogP contribution in [-0.2, 0) is 12.8 Å². The normalized spacial score (nSPS) is 17.1. The van der Waals surface area contributed by atoms with Gasteiger partial charge in [0.1, 0.15) is 0 Å². The molecule has 0 nitrogen and oxygen atoms in total. The lowest BCUT2D eigenvalue weighted by molar-refractivity contribution is 0.559. The standard InChI is InChI=1S/C14H12Br2S/c15-13-6-5-12(17-13)14(16)11-7-9-3-1-2-4-10(9)8-11/h1-6,11,14H,7-8H2. The molecule has 0 radical (unpaired) electrons. The predicted octanol–water partition coefficient (Wildman–Crippen LogP) is 5.36. The second-order valence-electron chi connectivity index (χ2n) is 4.48. The van der Waals surface area contributed by atoms with Crippen LogP contribution in [0.5, 0.6) is 0 Å². The molecule has 3 heteroatoms. The zero-order chi connectivity index (χ0) is 11.8. The van der Waals surface area contributed by atoms with E-state index in [-0.39, 0.29) is 0 Å². The van der Waals surface area contributed by atoms with Gasteiger partial charge in [0.15, 0.2) is 0 Å². The van der Waals surface area contributed by atoms with Gasteiger partial charge in [0.05, 0.1) is 8.61 Å². The maximum atomic E-state index is 3.87. The minimum absolute atomic E-state index is 0.478. The fourth-order valence-electron chi connectivity index (χ4n) is 2.51. The highest BCUT2D eigenvalue weighted by Gasteiger charge is 2.28. The Labute approximate surface area is 122 Å². The van der Waals surface area contributed by atoms with E-state index in [1.54, 1.807) is 0 Å². The highest BCUT2D eigenvalue weighted by molar-refractivity contribution is 9.11. The van der Waals surface area contributed by atoms with Gasteiger partial charge in [0.25, 0.3) is 0 Å². The number of alkyl halides is 1. The van der Waals surface area contributed by atoms with Gasteiger partial charge in [0.2, 0.25) is 0 Å². The third-order valence-corrected chi connectivity index (χ3v) is 6.61. The summed E-state index contributed by atoms with van der Waals surface area (Å²) in [7, 11) is 0. The molecule has 0 bridgehead atoms. The lowest BCUT2D eigenvalue weighted by atomic mass is 10.0. The molecular formula is C14H12Br2S. The summed E-state index contributed by atoms with van der Waals surface area (Å²) in [5, 5.41) is 0. The van der Waals surface area contributed by atoms with Crippen molar-refractivity contribution in [2.45, 2.75) is 17.7 Å². The molecule has 2 aromatic rings. The predicted molar refractivity (Wildman–Crippen MR) is 81.0 cm³/mol. The Balaban J connectivity index is 1.80. The van der Waals surface area contributed by atoms with E-state index in [9.17, 15) is 0 Å². The van der Waals surface area contributed by atoms with Gasteiger partial charge in [-0.15, -0.1) is 11.3 Å². The van der Waals surface area contributed by atoms with Crippen LogP contribution < -0.4 is 0 Å². The van der Waals surface area contributed by atoms with E-state index in [0.717, 1.165) is 0 Å². The average Bonchev–Trinajstić information content (AvgIpc) is 2.93. The molecule has 88 valence electrons.